The number of hydrogen-bond donors (Lipinski definition) is 1. The Morgan fingerprint density at radius 1 is 1.45 bits per heavy atom. The van der Waals surface area contributed by atoms with Gasteiger partial charge in [-0.3, -0.25) is 0 Å². The summed E-state index contributed by atoms with van der Waals surface area (Å²) in [6, 6.07) is 0.230. The van der Waals surface area contributed by atoms with Crippen molar-refractivity contribution in [2.24, 2.45) is 5.73 Å². The number of nitrogens with two attached hydrogens (primary N) is 1. The Morgan fingerprint density at radius 3 is 2.18 bits per heavy atom. The van der Waals surface area contributed by atoms with E-state index >= 15 is 0 Å². The van der Waals surface area contributed by atoms with E-state index in [-0.39, 0.29) is 24.9 Å². The van der Waals surface area contributed by atoms with Crippen LogP contribution in [-0.2, 0) is 0 Å². The predicted molar refractivity (Wildman–Crippen MR) is 51.9 cm³/mol. The van der Waals surface area contributed by atoms with Gasteiger partial charge in [-0.2, -0.15) is 0 Å². The van der Waals surface area contributed by atoms with Crippen LogP contribution >= 0.6 is 0 Å². The van der Waals surface area contributed by atoms with Crippen molar-refractivity contribution < 1.29 is 0 Å². The Kier molecular flexibility index (Phi) is 4.17. The maximum absolute atomic E-state index is 5.76. The molecule has 0 saturated heterocycles. The van der Waals surface area contributed by atoms with Crippen molar-refractivity contribution in [3.05, 3.63) is 22.8 Å². The summed E-state index contributed by atoms with van der Waals surface area (Å²) in [7, 11) is 0. The molecule has 1 aliphatic carbocycles. The summed E-state index contributed by atoms with van der Waals surface area (Å²) in [4.78, 5) is 0. The fourth-order valence-electron chi connectivity index (χ4n) is 1.35. The molecule has 1 aliphatic rings. The number of allylic oxidation sites excluding steroid dienone is 3. The molecule has 2 heteroatoms. The first kappa shape index (κ1) is 11.0. The van der Waals surface area contributed by atoms with Crippen molar-refractivity contribution in [3.63, 3.8) is 0 Å². The van der Waals surface area contributed by atoms with E-state index in [1.807, 2.05) is 6.92 Å². The summed E-state index contributed by atoms with van der Waals surface area (Å²) in [5, 5.41) is 0. The normalized spacial score (nSPS) is 19.5. The molecule has 0 heterocycles. The molecule has 0 aromatic heterocycles. The molecule has 0 bridgehead atoms. The van der Waals surface area contributed by atoms with E-state index in [2.05, 4.69) is 19.9 Å². The summed E-state index contributed by atoms with van der Waals surface area (Å²) in [5.41, 5.74) is 9.95. The molecule has 0 aromatic rings. The standard InChI is InChI=1S/C9H15N.Li.H/c1-6-4-5-9(7(6)2)8(3)10;;/h4,8H,5,10H2,1-3H3;;. The van der Waals surface area contributed by atoms with Crippen molar-refractivity contribution in [2.75, 3.05) is 0 Å². The zero-order chi connectivity index (χ0) is 7.72. The number of hydrogen-bond acceptors (Lipinski definition) is 1. The van der Waals surface area contributed by atoms with E-state index in [0.717, 1.165) is 6.42 Å². The van der Waals surface area contributed by atoms with Crippen LogP contribution in [0.3, 0.4) is 0 Å². The molecule has 1 nitrogen and oxygen atoms in total. The van der Waals surface area contributed by atoms with Crippen molar-refractivity contribution in [3.8, 4) is 0 Å². The molecule has 2 N–H and O–H groups in total. The molecule has 0 spiro atoms. The van der Waals surface area contributed by atoms with E-state index in [9.17, 15) is 0 Å². The van der Waals surface area contributed by atoms with Gasteiger partial charge in [-0.05, 0) is 38.3 Å². The number of rotatable bonds is 1. The van der Waals surface area contributed by atoms with Gasteiger partial charge >= 0.3 is 18.9 Å². The van der Waals surface area contributed by atoms with Crippen LogP contribution in [0.5, 0.6) is 0 Å². The van der Waals surface area contributed by atoms with Crippen LogP contribution in [0.1, 0.15) is 27.2 Å². The second-order valence-electron chi connectivity index (χ2n) is 3.03. The van der Waals surface area contributed by atoms with Gasteiger partial charge in [0.25, 0.3) is 0 Å². The van der Waals surface area contributed by atoms with Gasteiger partial charge in [0.05, 0.1) is 0 Å². The third-order valence-corrected chi connectivity index (χ3v) is 2.25. The van der Waals surface area contributed by atoms with Crippen molar-refractivity contribution in [1.29, 1.82) is 0 Å². The van der Waals surface area contributed by atoms with Crippen LogP contribution in [0, 0.1) is 0 Å². The molecule has 0 amide bonds. The van der Waals surface area contributed by atoms with Gasteiger partial charge in [0, 0.05) is 6.04 Å². The van der Waals surface area contributed by atoms with Crippen LogP contribution < -0.4 is 5.73 Å². The van der Waals surface area contributed by atoms with Gasteiger partial charge in [-0.25, -0.2) is 0 Å². The van der Waals surface area contributed by atoms with E-state index in [1.165, 1.54) is 16.7 Å². The summed E-state index contributed by atoms with van der Waals surface area (Å²) in [5.74, 6) is 0. The van der Waals surface area contributed by atoms with E-state index in [0.29, 0.717) is 0 Å². The first-order valence-corrected chi connectivity index (χ1v) is 3.75. The van der Waals surface area contributed by atoms with Crippen LogP contribution in [-0.4, -0.2) is 24.9 Å². The molecule has 58 valence electrons. The third kappa shape index (κ3) is 2.23. The van der Waals surface area contributed by atoms with Gasteiger partial charge in [-0.15, -0.1) is 0 Å². The average molecular weight is 145 g/mol. The minimum absolute atomic E-state index is 0. The SMILES string of the molecule is CC1=CCC(C(C)N)=C1C.[LiH]. The van der Waals surface area contributed by atoms with Gasteiger partial charge in [0.15, 0.2) is 0 Å². The molecular weight excluding hydrogens is 129 g/mol. The molecule has 0 saturated carbocycles. The van der Waals surface area contributed by atoms with E-state index < -0.39 is 0 Å². The Bertz CT molecular complexity index is 202. The first-order valence-electron chi connectivity index (χ1n) is 3.75. The molecule has 1 unspecified atom stereocenters. The topological polar surface area (TPSA) is 26.0 Å². The summed E-state index contributed by atoms with van der Waals surface area (Å²) < 4.78 is 0. The molecule has 11 heavy (non-hydrogen) atoms. The van der Waals surface area contributed by atoms with Gasteiger partial charge < -0.3 is 5.73 Å². The van der Waals surface area contributed by atoms with Crippen LogP contribution in [0.4, 0.5) is 0 Å². The maximum atomic E-state index is 5.76. The quantitative estimate of drug-likeness (QED) is 0.554. The Hall–Kier alpha value is 0.0374. The van der Waals surface area contributed by atoms with E-state index in [4.69, 9.17) is 5.73 Å². The molecule has 1 rings (SSSR count). The molecule has 0 aromatic carbocycles. The zero-order valence-electron chi connectivity index (χ0n) is 6.94. The Labute approximate surface area is 80.9 Å². The monoisotopic (exact) mass is 145 g/mol. The minimum atomic E-state index is 0. The molecule has 1 atom stereocenters. The van der Waals surface area contributed by atoms with Crippen LogP contribution in [0.2, 0.25) is 0 Å². The van der Waals surface area contributed by atoms with Gasteiger partial charge in [-0.1, -0.05) is 11.6 Å². The van der Waals surface area contributed by atoms with Crippen molar-refractivity contribution in [1.82, 2.24) is 0 Å². The molecule has 0 radical (unpaired) electrons. The van der Waals surface area contributed by atoms with Gasteiger partial charge in [0.1, 0.15) is 0 Å². The second kappa shape index (κ2) is 4.16. The molecular formula is C9H16LiN. The fourth-order valence-corrected chi connectivity index (χ4v) is 1.35. The molecule has 0 aliphatic heterocycles. The van der Waals surface area contributed by atoms with E-state index in [1.54, 1.807) is 0 Å². The van der Waals surface area contributed by atoms with Crippen molar-refractivity contribution >= 4 is 18.9 Å². The Morgan fingerprint density at radius 2 is 2.00 bits per heavy atom. The summed E-state index contributed by atoms with van der Waals surface area (Å²) in [6.07, 6.45) is 3.31. The van der Waals surface area contributed by atoms with Gasteiger partial charge in [0.2, 0.25) is 0 Å². The summed E-state index contributed by atoms with van der Waals surface area (Å²) in [6.45, 7) is 6.34. The van der Waals surface area contributed by atoms with Crippen molar-refractivity contribution in [2.45, 2.75) is 33.2 Å². The predicted octanol–water partition coefficient (Wildman–Crippen LogP) is 1.35. The Balaban J connectivity index is 0.000001000. The zero-order valence-corrected chi connectivity index (χ0v) is 6.94. The molecule has 0 fully saturated rings. The summed E-state index contributed by atoms with van der Waals surface area (Å²) >= 11 is 0. The van der Waals surface area contributed by atoms with Crippen LogP contribution in [0.15, 0.2) is 22.8 Å². The first-order chi connectivity index (χ1) is 4.63. The second-order valence-corrected chi connectivity index (χ2v) is 3.03. The van der Waals surface area contributed by atoms with Crippen LogP contribution in [0.25, 0.3) is 0 Å². The average Bonchev–Trinajstić information content (AvgIpc) is 2.14. The fraction of sp³-hybridized carbons (Fsp3) is 0.556. The third-order valence-electron chi connectivity index (χ3n) is 2.25.